The molecule has 0 bridgehead atoms. The minimum Gasteiger partial charge on any atom is -0.497 e. The summed E-state index contributed by atoms with van der Waals surface area (Å²) in [6, 6.07) is 18.0. The summed E-state index contributed by atoms with van der Waals surface area (Å²) < 4.78 is 17.9. The number of anilines is 1. The van der Waals surface area contributed by atoms with Crippen LogP contribution in [0.5, 0.6) is 17.2 Å². The highest BCUT2D eigenvalue weighted by Crippen LogP contribution is 2.32. The van der Waals surface area contributed by atoms with E-state index in [4.69, 9.17) is 14.2 Å². The molecular weight excluding hydrogens is 410 g/mol. The Hall–Kier alpha value is -4.20. The first-order chi connectivity index (χ1) is 15.6. The van der Waals surface area contributed by atoms with E-state index >= 15 is 0 Å². The van der Waals surface area contributed by atoms with Crippen LogP contribution in [0.3, 0.4) is 0 Å². The highest BCUT2D eigenvalue weighted by atomic mass is 16.6. The lowest BCUT2D eigenvalue weighted by Gasteiger charge is -2.19. The van der Waals surface area contributed by atoms with Gasteiger partial charge in [0.1, 0.15) is 19.0 Å². The van der Waals surface area contributed by atoms with E-state index in [2.05, 4.69) is 10.3 Å². The molecule has 0 aliphatic carbocycles. The van der Waals surface area contributed by atoms with Gasteiger partial charge in [0.15, 0.2) is 11.5 Å². The maximum absolute atomic E-state index is 12.8. The van der Waals surface area contributed by atoms with Gasteiger partial charge in [-0.25, -0.2) is 4.79 Å². The van der Waals surface area contributed by atoms with E-state index in [1.54, 1.807) is 48.1 Å². The first-order valence-electron chi connectivity index (χ1n) is 10.2. The maximum atomic E-state index is 12.8. The summed E-state index contributed by atoms with van der Waals surface area (Å²) in [5.41, 5.74) is 3.09. The fourth-order valence-corrected chi connectivity index (χ4v) is 3.70. The molecule has 0 fully saturated rings. The number of nitrogens with one attached hydrogen (secondary N) is 2. The fourth-order valence-electron chi connectivity index (χ4n) is 3.70. The number of carbonyl (C=O) groups excluding carboxylic acids is 1. The molecule has 2 N–H and O–H groups in total. The molecule has 1 aliphatic heterocycles. The zero-order valence-corrected chi connectivity index (χ0v) is 17.4. The van der Waals surface area contributed by atoms with Crippen molar-refractivity contribution in [3.8, 4) is 17.2 Å². The average Bonchev–Trinajstić information content (AvgIpc) is 3.13. The molecule has 0 unspecified atom stereocenters. The Morgan fingerprint density at radius 1 is 1.03 bits per heavy atom. The van der Waals surface area contributed by atoms with Crippen molar-refractivity contribution in [1.82, 2.24) is 9.55 Å². The number of aromatic nitrogens is 2. The molecule has 32 heavy (non-hydrogen) atoms. The van der Waals surface area contributed by atoms with Crippen LogP contribution in [0, 0.1) is 0 Å². The first-order valence-corrected chi connectivity index (χ1v) is 10.2. The largest absolute Gasteiger partial charge is 0.497 e. The summed E-state index contributed by atoms with van der Waals surface area (Å²) >= 11 is 0. The van der Waals surface area contributed by atoms with Crippen molar-refractivity contribution >= 4 is 22.6 Å². The Bertz CT molecular complexity index is 1350. The molecule has 3 aromatic carbocycles. The number of aromatic amines is 1. The molecule has 1 aliphatic rings. The van der Waals surface area contributed by atoms with Gasteiger partial charge in [-0.15, -0.1) is 0 Å². The molecule has 8 nitrogen and oxygen atoms in total. The normalized spacial score (nSPS) is 12.5. The lowest BCUT2D eigenvalue weighted by atomic mass is 10.1. The van der Waals surface area contributed by atoms with Crippen LogP contribution in [0.4, 0.5) is 5.69 Å². The molecule has 5 rings (SSSR count). The summed E-state index contributed by atoms with van der Waals surface area (Å²) in [5, 5.41) is 2.86. The quantitative estimate of drug-likeness (QED) is 0.505. The smallest absolute Gasteiger partial charge is 0.326 e. The molecule has 2 heterocycles. The molecule has 0 spiro atoms. The second-order valence-electron chi connectivity index (χ2n) is 7.41. The molecule has 0 atom stereocenters. The number of hydrogen-bond donors (Lipinski definition) is 2. The van der Waals surface area contributed by atoms with Gasteiger partial charge in [0.05, 0.1) is 24.7 Å². The zero-order chi connectivity index (χ0) is 22.1. The van der Waals surface area contributed by atoms with Crippen molar-refractivity contribution in [3.63, 3.8) is 0 Å². The van der Waals surface area contributed by atoms with E-state index in [0.29, 0.717) is 48.0 Å². The van der Waals surface area contributed by atoms with Gasteiger partial charge in [-0.05, 0) is 48.0 Å². The van der Waals surface area contributed by atoms with Gasteiger partial charge in [-0.1, -0.05) is 12.1 Å². The van der Waals surface area contributed by atoms with Crippen LogP contribution in [0.1, 0.15) is 15.9 Å². The molecule has 0 radical (unpaired) electrons. The SMILES string of the molecule is COc1ccc(Cn2c(=O)[nH]c3cc(C(=O)Nc4ccc5c(c4)OCCO5)ccc32)cc1. The Morgan fingerprint density at radius 3 is 2.59 bits per heavy atom. The number of carbonyl (C=O) groups is 1. The number of rotatable bonds is 5. The van der Waals surface area contributed by atoms with Crippen LogP contribution in [-0.2, 0) is 6.54 Å². The Labute approximate surface area is 183 Å². The molecule has 1 aromatic heterocycles. The molecular formula is C24H21N3O5. The Balaban J connectivity index is 1.37. The van der Waals surface area contributed by atoms with Crippen molar-refractivity contribution in [3.05, 3.63) is 82.3 Å². The fraction of sp³-hybridized carbons (Fsp3) is 0.167. The highest BCUT2D eigenvalue weighted by Gasteiger charge is 2.15. The summed E-state index contributed by atoms with van der Waals surface area (Å²) in [5.74, 6) is 1.73. The Kier molecular flexibility index (Phi) is 5.03. The monoisotopic (exact) mass is 431 g/mol. The van der Waals surface area contributed by atoms with Crippen molar-refractivity contribution in [2.24, 2.45) is 0 Å². The molecule has 0 saturated heterocycles. The van der Waals surface area contributed by atoms with E-state index < -0.39 is 0 Å². The van der Waals surface area contributed by atoms with Gasteiger partial charge in [0.2, 0.25) is 0 Å². The van der Waals surface area contributed by atoms with Crippen LogP contribution < -0.4 is 25.2 Å². The van der Waals surface area contributed by atoms with Gasteiger partial charge >= 0.3 is 5.69 Å². The van der Waals surface area contributed by atoms with Crippen molar-refractivity contribution in [1.29, 1.82) is 0 Å². The lowest BCUT2D eigenvalue weighted by Crippen LogP contribution is -2.17. The third-order valence-corrected chi connectivity index (χ3v) is 5.34. The first kappa shape index (κ1) is 19.7. The van der Waals surface area contributed by atoms with Gasteiger partial charge < -0.3 is 24.5 Å². The lowest BCUT2D eigenvalue weighted by molar-refractivity contribution is 0.102. The van der Waals surface area contributed by atoms with Crippen LogP contribution in [0.25, 0.3) is 11.0 Å². The number of fused-ring (bicyclic) bond motifs is 2. The number of methoxy groups -OCH3 is 1. The number of benzene rings is 3. The number of nitrogens with zero attached hydrogens (tertiary/aromatic N) is 1. The van der Waals surface area contributed by atoms with E-state index in [9.17, 15) is 9.59 Å². The topological polar surface area (TPSA) is 94.6 Å². The summed E-state index contributed by atoms with van der Waals surface area (Å²) in [4.78, 5) is 28.1. The summed E-state index contributed by atoms with van der Waals surface area (Å²) in [6.07, 6.45) is 0. The van der Waals surface area contributed by atoms with E-state index in [1.165, 1.54) is 0 Å². The van der Waals surface area contributed by atoms with Crippen molar-refractivity contribution < 1.29 is 19.0 Å². The Morgan fingerprint density at radius 2 is 1.81 bits per heavy atom. The van der Waals surface area contributed by atoms with E-state index in [0.717, 1.165) is 16.8 Å². The number of amides is 1. The second kappa shape index (κ2) is 8.14. The minimum absolute atomic E-state index is 0.236. The van der Waals surface area contributed by atoms with Crippen LogP contribution in [-0.4, -0.2) is 35.8 Å². The standard InChI is InChI=1S/C24H21N3O5/c1-30-18-6-2-15(3-7-18)14-27-20-8-4-16(12-19(20)26-24(27)29)23(28)25-17-5-9-21-22(13-17)32-11-10-31-21/h2-9,12-13H,10-11,14H2,1H3,(H,25,28)(H,26,29). The predicted octanol–water partition coefficient (Wildman–Crippen LogP) is 3.41. The van der Waals surface area contributed by atoms with Gasteiger partial charge in [0.25, 0.3) is 5.91 Å². The van der Waals surface area contributed by atoms with Crippen molar-refractivity contribution in [2.45, 2.75) is 6.54 Å². The second-order valence-corrected chi connectivity index (χ2v) is 7.41. The molecule has 1 amide bonds. The third-order valence-electron chi connectivity index (χ3n) is 5.34. The van der Waals surface area contributed by atoms with E-state index in [-0.39, 0.29) is 11.6 Å². The molecule has 0 saturated carbocycles. The van der Waals surface area contributed by atoms with Gasteiger partial charge in [-0.2, -0.15) is 0 Å². The van der Waals surface area contributed by atoms with Crippen LogP contribution >= 0.6 is 0 Å². The third kappa shape index (κ3) is 3.78. The number of ether oxygens (including phenoxy) is 3. The zero-order valence-electron chi connectivity index (χ0n) is 17.4. The van der Waals surface area contributed by atoms with E-state index in [1.807, 2.05) is 24.3 Å². The average molecular weight is 431 g/mol. The summed E-state index contributed by atoms with van der Waals surface area (Å²) in [6.45, 7) is 1.39. The van der Waals surface area contributed by atoms with Gasteiger partial charge in [-0.3, -0.25) is 9.36 Å². The predicted molar refractivity (Wildman–Crippen MR) is 120 cm³/mol. The van der Waals surface area contributed by atoms with Crippen LogP contribution in [0.15, 0.2) is 65.5 Å². The highest BCUT2D eigenvalue weighted by molar-refractivity contribution is 6.06. The van der Waals surface area contributed by atoms with Crippen molar-refractivity contribution in [2.75, 3.05) is 25.6 Å². The summed E-state index contributed by atoms with van der Waals surface area (Å²) in [7, 11) is 1.61. The molecule has 8 heteroatoms. The minimum atomic E-state index is -0.285. The maximum Gasteiger partial charge on any atom is 0.326 e. The number of imidazole rings is 1. The number of H-pyrrole nitrogens is 1. The van der Waals surface area contributed by atoms with Crippen LogP contribution in [0.2, 0.25) is 0 Å². The molecule has 162 valence electrons. The molecule has 4 aromatic rings. The van der Waals surface area contributed by atoms with Gasteiger partial charge in [0, 0.05) is 17.3 Å². The number of hydrogen-bond acceptors (Lipinski definition) is 5.